The number of hydrogen-bond donors (Lipinski definition) is 0. The van der Waals surface area contributed by atoms with E-state index in [1.807, 2.05) is 42.5 Å². The highest BCUT2D eigenvalue weighted by Gasteiger charge is 2.23. The Morgan fingerprint density at radius 2 is 1.90 bits per heavy atom. The Kier molecular flexibility index (Phi) is 3.61. The molecule has 102 valence electrons. The number of carbonyl (C=O) groups excluding carboxylic acids is 1. The van der Waals surface area contributed by atoms with Gasteiger partial charge in [-0.1, -0.05) is 41.9 Å². The van der Waals surface area contributed by atoms with E-state index in [9.17, 15) is 4.79 Å². The minimum atomic E-state index is 0.0360. The van der Waals surface area contributed by atoms with Crippen LogP contribution in [-0.4, -0.2) is 19.1 Å². The van der Waals surface area contributed by atoms with E-state index in [1.165, 1.54) is 0 Å². The summed E-state index contributed by atoms with van der Waals surface area (Å²) in [5, 5.41) is 0.627. The molecular weight excluding hydrogens is 274 g/mol. The molecule has 1 heterocycles. The topological polar surface area (TPSA) is 29.5 Å². The molecule has 0 aromatic heterocycles. The van der Waals surface area contributed by atoms with Crippen LogP contribution in [0.4, 0.5) is 5.69 Å². The Labute approximate surface area is 122 Å². The first kappa shape index (κ1) is 13.0. The van der Waals surface area contributed by atoms with Crippen LogP contribution in [0, 0.1) is 0 Å². The molecule has 1 aliphatic heterocycles. The van der Waals surface area contributed by atoms with E-state index in [1.54, 1.807) is 11.0 Å². The number of carbonyl (C=O) groups is 1. The van der Waals surface area contributed by atoms with Gasteiger partial charge in [0.2, 0.25) is 5.91 Å². The van der Waals surface area contributed by atoms with Gasteiger partial charge in [0.15, 0.2) is 0 Å². The summed E-state index contributed by atoms with van der Waals surface area (Å²) in [7, 11) is 0. The molecule has 0 radical (unpaired) electrons. The predicted octanol–water partition coefficient (Wildman–Crippen LogP) is 3.31. The monoisotopic (exact) mass is 287 g/mol. The smallest absolute Gasteiger partial charge is 0.231 e. The molecule has 0 saturated carbocycles. The minimum absolute atomic E-state index is 0.0360. The van der Waals surface area contributed by atoms with Crippen LogP contribution in [-0.2, 0) is 11.2 Å². The van der Waals surface area contributed by atoms with Crippen LogP contribution in [0.5, 0.6) is 5.75 Å². The SMILES string of the molecule is O=C(Cc1ccccc1Cl)N1CCOc2ccccc21. The number of fused-ring (bicyclic) bond motifs is 1. The molecule has 0 spiro atoms. The number of ether oxygens (including phenoxy) is 1. The summed E-state index contributed by atoms with van der Waals surface area (Å²) in [4.78, 5) is 14.3. The Bertz CT molecular complexity index is 642. The van der Waals surface area contributed by atoms with E-state index in [-0.39, 0.29) is 5.91 Å². The van der Waals surface area contributed by atoms with Gasteiger partial charge in [-0.2, -0.15) is 0 Å². The molecule has 0 atom stereocenters. The number of anilines is 1. The lowest BCUT2D eigenvalue weighted by molar-refractivity contribution is -0.118. The third-order valence-electron chi connectivity index (χ3n) is 3.33. The largest absolute Gasteiger partial charge is 0.490 e. The second-order valence-electron chi connectivity index (χ2n) is 4.63. The Morgan fingerprint density at radius 3 is 2.75 bits per heavy atom. The molecule has 3 nitrogen and oxygen atoms in total. The van der Waals surface area contributed by atoms with Crippen molar-refractivity contribution >= 4 is 23.2 Å². The summed E-state index contributed by atoms with van der Waals surface area (Å²) in [5.41, 5.74) is 1.68. The van der Waals surface area contributed by atoms with E-state index in [0.29, 0.717) is 24.6 Å². The van der Waals surface area contributed by atoms with Gasteiger partial charge in [0.05, 0.1) is 18.7 Å². The molecule has 0 bridgehead atoms. The van der Waals surface area contributed by atoms with Gasteiger partial charge in [0.25, 0.3) is 0 Å². The van der Waals surface area contributed by atoms with Gasteiger partial charge >= 0.3 is 0 Å². The second kappa shape index (κ2) is 5.55. The first-order valence-corrected chi connectivity index (χ1v) is 6.89. The van der Waals surface area contributed by atoms with Crippen LogP contribution in [0.2, 0.25) is 5.02 Å². The van der Waals surface area contributed by atoms with Crippen molar-refractivity contribution in [2.75, 3.05) is 18.1 Å². The fourth-order valence-corrected chi connectivity index (χ4v) is 2.53. The van der Waals surface area contributed by atoms with Crippen molar-refractivity contribution < 1.29 is 9.53 Å². The summed E-state index contributed by atoms with van der Waals surface area (Å²) in [6.07, 6.45) is 0.300. The normalized spacial score (nSPS) is 13.6. The molecule has 3 rings (SSSR count). The van der Waals surface area contributed by atoms with Gasteiger partial charge in [0, 0.05) is 5.02 Å². The number of benzene rings is 2. The first-order valence-electron chi connectivity index (χ1n) is 6.51. The molecule has 2 aromatic rings. The van der Waals surface area contributed by atoms with Gasteiger partial charge in [-0.15, -0.1) is 0 Å². The number of hydrogen-bond acceptors (Lipinski definition) is 2. The molecule has 20 heavy (non-hydrogen) atoms. The quantitative estimate of drug-likeness (QED) is 0.848. The van der Waals surface area contributed by atoms with Gasteiger partial charge in [-0.25, -0.2) is 0 Å². The maximum atomic E-state index is 12.5. The Morgan fingerprint density at radius 1 is 1.15 bits per heavy atom. The third kappa shape index (κ3) is 2.49. The predicted molar refractivity (Wildman–Crippen MR) is 79.4 cm³/mol. The maximum Gasteiger partial charge on any atom is 0.231 e. The zero-order valence-corrected chi connectivity index (χ0v) is 11.6. The second-order valence-corrected chi connectivity index (χ2v) is 5.04. The molecule has 0 fully saturated rings. The van der Waals surface area contributed by atoms with Crippen LogP contribution in [0.25, 0.3) is 0 Å². The standard InChI is InChI=1S/C16H14ClNO2/c17-13-6-2-1-5-12(13)11-16(19)18-9-10-20-15-8-4-3-7-14(15)18/h1-8H,9-11H2. The third-order valence-corrected chi connectivity index (χ3v) is 3.70. The number of nitrogens with zero attached hydrogens (tertiary/aromatic N) is 1. The van der Waals surface area contributed by atoms with Crippen molar-refractivity contribution in [3.05, 3.63) is 59.1 Å². The molecule has 0 N–H and O–H groups in total. The lowest BCUT2D eigenvalue weighted by Gasteiger charge is -2.29. The van der Waals surface area contributed by atoms with E-state index in [0.717, 1.165) is 17.0 Å². The summed E-state index contributed by atoms with van der Waals surface area (Å²) >= 11 is 6.11. The lowest BCUT2D eigenvalue weighted by Crippen LogP contribution is -2.38. The van der Waals surface area contributed by atoms with Crippen LogP contribution >= 0.6 is 11.6 Å². The fourth-order valence-electron chi connectivity index (χ4n) is 2.33. The molecule has 4 heteroatoms. The first-order chi connectivity index (χ1) is 9.75. The molecule has 2 aromatic carbocycles. The number of amides is 1. The summed E-state index contributed by atoms with van der Waals surface area (Å²) in [5.74, 6) is 0.792. The summed E-state index contributed by atoms with van der Waals surface area (Å²) in [6.45, 7) is 1.09. The highest BCUT2D eigenvalue weighted by molar-refractivity contribution is 6.31. The minimum Gasteiger partial charge on any atom is -0.490 e. The Balaban J connectivity index is 1.84. The number of para-hydroxylation sites is 2. The van der Waals surface area contributed by atoms with Gasteiger partial charge in [0.1, 0.15) is 12.4 Å². The van der Waals surface area contributed by atoms with E-state index in [4.69, 9.17) is 16.3 Å². The molecule has 0 saturated heterocycles. The van der Waals surface area contributed by atoms with Crippen molar-refractivity contribution in [3.63, 3.8) is 0 Å². The van der Waals surface area contributed by atoms with Crippen LogP contribution in [0.1, 0.15) is 5.56 Å². The molecule has 0 aliphatic carbocycles. The van der Waals surface area contributed by atoms with E-state index in [2.05, 4.69) is 0 Å². The van der Waals surface area contributed by atoms with Crippen molar-refractivity contribution in [2.45, 2.75) is 6.42 Å². The van der Waals surface area contributed by atoms with E-state index >= 15 is 0 Å². The van der Waals surface area contributed by atoms with Crippen molar-refractivity contribution in [1.82, 2.24) is 0 Å². The highest BCUT2D eigenvalue weighted by atomic mass is 35.5. The van der Waals surface area contributed by atoms with Crippen LogP contribution < -0.4 is 9.64 Å². The van der Waals surface area contributed by atoms with E-state index < -0.39 is 0 Å². The van der Waals surface area contributed by atoms with Crippen LogP contribution in [0.15, 0.2) is 48.5 Å². The molecule has 1 amide bonds. The average molecular weight is 288 g/mol. The van der Waals surface area contributed by atoms with Crippen molar-refractivity contribution in [3.8, 4) is 5.75 Å². The molecule has 0 unspecified atom stereocenters. The van der Waals surface area contributed by atoms with Crippen molar-refractivity contribution in [1.29, 1.82) is 0 Å². The van der Waals surface area contributed by atoms with Gasteiger partial charge in [-0.3, -0.25) is 4.79 Å². The molecule has 1 aliphatic rings. The summed E-state index contributed by atoms with van der Waals surface area (Å²) in [6, 6.07) is 15.0. The Hall–Kier alpha value is -2.00. The lowest BCUT2D eigenvalue weighted by atomic mass is 10.1. The summed E-state index contributed by atoms with van der Waals surface area (Å²) < 4.78 is 5.56. The molecular formula is C16H14ClNO2. The highest BCUT2D eigenvalue weighted by Crippen LogP contribution is 2.31. The number of rotatable bonds is 2. The average Bonchev–Trinajstić information content (AvgIpc) is 2.49. The van der Waals surface area contributed by atoms with Gasteiger partial charge in [-0.05, 0) is 23.8 Å². The zero-order valence-electron chi connectivity index (χ0n) is 10.9. The zero-order chi connectivity index (χ0) is 13.9. The fraction of sp³-hybridized carbons (Fsp3) is 0.188. The maximum absolute atomic E-state index is 12.5. The number of halogens is 1. The van der Waals surface area contributed by atoms with Crippen LogP contribution in [0.3, 0.4) is 0 Å². The van der Waals surface area contributed by atoms with Crippen molar-refractivity contribution in [2.24, 2.45) is 0 Å². The van der Waals surface area contributed by atoms with Gasteiger partial charge < -0.3 is 9.64 Å².